The lowest BCUT2D eigenvalue weighted by molar-refractivity contribution is -0.156. The van der Waals surface area contributed by atoms with Crippen LogP contribution in [0.4, 0.5) is 0 Å². The summed E-state index contributed by atoms with van der Waals surface area (Å²) < 4.78 is 11.0. The number of ether oxygens (including phenoxy) is 2. The first-order valence-electron chi connectivity index (χ1n) is 6.73. The highest BCUT2D eigenvalue weighted by molar-refractivity contribution is 5.75. The maximum atomic E-state index is 11.5. The van der Waals surface area contributed by atoms with Crippen molar-refractivity contribution in [1.29, 1.82) is 0 Å². The van der Waals surface area contributed by atoms with E-state index in [4.69, 9.17) is 9.47 Å². The third-order valence-electron chi connectivity index (χ3n) is 3.53. The van der Waals surface area contributed by atoms with Gasteiger partial charge in [0.25, 0.3) is 0 Å². The molecule has 4 heteroatoms. The van der Waals surface area contributed by atoms with Crippen molar-refractivity contribution in [3.8, 4) is 5.75 Å². The van der Waals surface area contributed by atoms with E-state index in [0.29, 0.717) is 11.3 Å². The second kappa shape index (κ2) is 6.57. The van der Waals surface area contributed by atoms with Crippen molar-refractivity contribution in [3.63, 3.8) is 0 Å². The van der Waals surface area contributed by atoms with Crippen molar-refractivity contribution in [2.75, 3.05) is 7.11 Å². The normalized spacial score (nSPS) is 17.9. The molecule has 0 radical (unpaired) electrons. The van der Waals surface area contributed by atoms with Gasteiger partial charge in [-0.15, -0.1) is 0 Å². The van der Waals surface area contributed by atoms with E-state index >= 15 is 0 Å². The monoisotopic (exact) mass is 264 g/mol. The van der Waals surface area contributed by atoms with Crippen molar-refractivity contribution in [1.82, 2.24) is 0 Å². The van der Waals surface area contributed by atoms with Gasteiger partial charge in [-0.2, -0.15) is 0 Å². The van der Waals surface area contributed by atoms with Crippen molar-refractivity contribution in [2.24, 2.45) is 0 Å². The summed E-state index contributed by atoms with van der Waals surface area (Å²) in [4.78, 5) is 11.5. The predicted octanol–water partition coefficient (Wildman–Crippen LogP) is 3.17. The zero-order valence-electron chi connectivity index (χ0n) is 11.2. The van der Waals surface area contributed by atoms with Crippen LogP contribution < -0.4 is 4.74 Å². The molecule has 1 aromatic rings. The van der Waals surface area contributed by atoms with Crippen LogP contribution in [0.25, 0.3) is 0 Å². The number of para-hydroxylation sites is 1. The molecule has 0 bridgehead atoms. The lowest BCUT2D eigenvalue weighted by Crippen LogP contribution is -2.24. The number of hydrogen-bond donors (Lipinski definition) is 1. The Kier molecular flexibility index (Phi) is 4.80. The Balaban J connectivity index is 2.17. The number of hydrogen-bond acceptors (Lipinski definition) is 3. The molecule has 0 aromatic heterocycles. The molecule has 0 saturated heterocycles. The van der Waals surface area contributed by atoms with Gasteiger partial charge < -0.3 is 14.6 Å². The molecule has 1 fully saturated rings. The summed E-state index contributed by atoms with van der Waals surface area (Å²) in [6.45, 7) is 0. The lowest BCUT2D eigenvalue weighted by atomic mass is 9.97. The average Bonchev–Trinajstić information content (AvgIpc) is 2.45. The van der Waals surface area contributed by atoms with Crippen LogP contribution in [0.1, 0.15) is 43.8 Å². The van der Waals surface area contributed by atoms with E-state index in [2.05, 4.69) is 0 Å². The number of carboxylic acid groups (broad SMARTS) is 1. The number of rotatable bonds is 5. The molecule has 2 rings (SSSR count). The molecular formula is C15H20O4. The minimum Gasteiger partial charge on any atom is -0.496 e. The molecule has 0 aliphatic heterocycles. The Bertz CT molecular complexity index is 424. The highest BCUT2D eigenvalue weighted by Crippen LogP contribution is 2.31. The van der Waals surface area contributed by atoms with Crippen molar-refractivity contribution < 1.29 is 19.4 Å². The Morgan fingerprint density at radius 3 is 2.58 bits per heavy atom. The van der Waals surface area contributed by atoms with E-state index in [-0.39, 0.29) is 6.10 Å². The van der Waals surface area contributed by atoms with E-state index < -0.39 is 12.1 Å². The van der Waals surface area contributed by atoms with Gasteiger partial charge in [-0.3, -0.25) is 0 Å². The van der Waals surface area contributed by atoms with Crippen LogP contribution in [0.3, 0.4) is 0 Å². The van der Waals surface area contributed by atoms with Crippen LogP contribution in [0.2, 0.25) is 0 Å². The summed E-state index contributed by atoms with van der Waals surface area (Å²) in [6.07, 6.45) is 4.43. The maximum Gasteiger partial charge on any atom is 0.337 e. The molecule has 1 unspecified atom stereocenters. The molecule has 4 nitrogen and oxygen atoms in total. The fraction of sp³-hybridized carbons (Fsp3) is 0.533. The van der Waals surface area contributed by atoms with Gasteiger partial charge in [-0.05, 0) is 18.9 Å². The summed E-state index contributed by atoms with van der Waals surface area (Å²) in [6, 6.07) is 7.13. The minimum atomic E-state index is -0.963. The zero-order valence-corrected chi connectivity index (χ0v) is 11.2. The quantitative estimate of drug-likeness (QED) is 0.887. The van der Waals surface area contributed by atoms with Crippen LogP contribution in [-0.4, -0.2) is 24.3 Å². The van der Waals surface area contributed by atoms with Gasteiger partial charge in [0.1, 0.15) is 5.75 Å². The van der Waals surface area contributed by atoms with Gasteiger partial charge in [0.2, 0.25) is 0 Å². The lowest BCUT2D eigenvalue weighted by Gasteiger charge is -2.26. The predicted molar refractivity (Wildman–Crippen MR) is 71.3 cm³/mol. The number of benzene rings is 1. The number of aliphatic carboxylic acids is 1. The molecule has 1 aliphatic carbocycles. The van der Waals surface area contributed by atoms with E-state index in [9.17, 15) is 9.90 Å². The smallest absolute Gasteiger partial charge is 0.337 e. The van der Waals surface area contributed by atoms with E-state index in [0.717, 1.165) is 25.7 Å². The molecule has 0 amide bonds. The standard InChI is InChI=1S/C15H20O4/c1-18-13-10-6-5-9-12(13)14(15(16)17)19-11-7-3-2-4-8-11/h5-6,9-11,14H,2-4,7-8H2,1H3,(H,16,17). The molecule has 0 spiro atoms. The third-order valence-corrected chi connectivity index (χ3v) is 3.53. The molecule has 19 heavy (non-hydrogen) atoms. The van der Waals surface area contributed by atoms with Crippen molar-refractivity contribution in [2.45, 2.75) is 44.3 Å². The number of carboxylic acids is 1. The van der Waals surface area contributed by atoms with Gasteiger partial charge in [0, 0.05) is 5.56 Å². The molecule has 1 N–H and O–H groups in total. The first-order valence-corrected chi connectivity index (χ1v) is 6.73. The van der Waals surface area contributed by atoms with E-state index in [1.54, 1.807) is 25.3 Å². The topological polar surface area (TPSA) is 55.8 Å². The van der Waals surface area contributed by atoms with Crippen LogP contribution in [0.5, 0.6) is 5.75 Å². The fourth-order valence-corrected chi connectivity index (χ4v) is 2.54. The molecule has 104 valence electrons. The first-order chi connectivity index (χ1) is 9.22. The summed E-state index contributed by atoms with van der Waals surface area (Å²) in [7, 11) is 1.54. The largest absolute Gasteiger partial charge is 0.496 e. The van der Waals surface area contributed by atoms with E-state index in [1.807, 2.05) is 6.07 Å². The summed E-state index contributed by atoms with van der Waals surface area (Å²) >= 11 is 0. The fourth-order valence-electron chi connectivity index (χ4n) is 2.54. The van der Waals surface area contributed by atoms with Gasteiger partial charge in [0.15, 0.2) is 6.10 Å². The van der Waals surface area contributed by atoms with Gasteiger partial charge in [0.05, 0.1) is 13.2 Å². The van der Waals surface area contributed by atoms with Gasteiger partial charge in [-0.1, -0.05) is 37.5 Å². The highest BCUT2D eigenvalue weighted by atomic mass is 16.5. The Hall–Kier alpha value is -1.55. The third kappa shape index (κ3) is 3.47. The van der Waals surface area contributed by atoms with Crippen LogP contribution >= 0.6 is 0 Å². The zero-order chi connectivity index (χ0) is 13.7. The highest BCUT2D eigenvalue weighted by Gasteiger charge is 2.28. The number of methoxy groups -OCH3 is 1. The minimum absolute atomic E-state index is 0.0414. The van der Waals surface area contributed by atoms with Crippen LogP contribution in [0.15, 0.2) is 24.3 Å². The summed E-state index contributed by atoms with van der Waals surface area (Å²) in [5, 5.41) is 9.40. The van der Waals surface area contributed by atoms with E-state index in [1.165, 1.54) is 6.42 Å². The Morgan fingerprint density at radius 1 is 1.26 bits per heavy atom. The van der Waals surface area contributed by atoms with Gasteiger partial charge in [-0.25, -0.2) is 4.79 Å². The van der Waals surface area contributed by atoms with Crippen LogP contribution in [-0.2, 0) is 9.53 Å². The second-order valence-corrected chi connectivity index (χ2v) is 4.86. The summed E-state index contributed by atoms with van der Waals surface area (Å²) in [5.74, 6) is -0.402. The molecule has 1 aromatic carbocycles. The Labute approximate surface area is 113 Å². The second-order valence-electron chi connectivity index (χ2n) is 4.86. The van der Waals surface area contributed by atoms with Crippen LogP contribution in [0, 0.1) is 0 Å². The molecular weight excluding hydrogens is 244 g/mol. The SMILES string of the molecule is COc1ccccc1C(OC1CCCCC1)C(=O)O. The maximum absolute atomic E-state index is 11.5. The Morgan fingerprint density at radius 2 is 1.95 bits per heavy atom. The first kappa shape index (κ1) is 13.9. The van der Waals surface area contributed by atoms with Crippen molar-refractivity contribution in [3.05, 3.63) is 29.8 Å². The molecule has 1 saturated carbocycles. The van der Waals surface area contributed by atoms with Gasteiger partial charge >= 0.3 is 5.97 Å². The number of carbonyl (C=O) groups is 1. The molecule has 0 heterocycles. The summed E-state index contributed by atoms with van der Waals surface area (Å²) in [5.41, 5.74) is 0.586. The molecule has 1 atom stereocenters. The average molecular weight is 264 g/mol. The molecule has 1 aliphatic rings. The van der Waals surface area contributed by atoms with Crippen molar-refractivity contribution >= 4 is 5.97 Å².